The maximum absolute atomic E-state index is 13.5. The minimum Gasteiger partial charge on any atom is -0.351 e. The van der Waals surface area contributed by atoms with Gasteiger partial charge in [0.15, 0.2) is 5.82 Å². The predicted molar refractivity (Wildman–Crippen MR) is 119 cm³/mol. The van der Waals surface area contributed by atoms with Gasteiger partial charge in [-0.15, -0.1) is 10.2 Å². The SMILES string of the molecule is Cc1cc(C)c(C)c(S(=O)(=O)N2CCN(c3nccn4c(C5CC5)nnc34)CC2)c1C. The lowest BCUT2D eigenvalue weighted by Crippen LogP contribution is -2.49. The van der Waals surface area contributed by atoms with Gasteiger partial charge in [0, 0.05) is 44.5 Å². The van der Waals surface area contributed by atoms with Crippen LogP contribution >= 0.6 is 0 Å². The Bertz CT molecular complexity index is 1240. The first-order valence-corrected chi connectivity index (χ1v) is 12.2. The summed E-state index contributed by atoms with van der Waals surface area (Å²) < 4.78 is 30.7. The summed E-state index contributed by atoms with van der Waals surface area (Å²) in [4.78, 5) is 7.14. The van der Waals surface area contributed by atoms with Gasteiger partial charge < -0.3 is 4.90 Å². The quantitative estimate of drug-likeness (QED) is 0.620. The fraction of sp³-hybridized carbons (Fsp3) is 0.500. The number of sulfonamides is 1. The van der Waals surface area contributed by atoms with Crippen molar-refractivity contribution in [2.75, 3.05) is 31.1 Å². The number of nitrogens with zero attached hydrogens (tertiary/aromatic N) is 6. The molecule has 0 amide bonds. The van der Waals surface area contributed by atoms with Crippen molar-refractivity contribution in [3.63, 3.8) is 0 Å². The highest BCUT2D eigenvalue weighted by atomic mass is 32.2. The molecule has 3 heterocycles. The molecule has 0 unspecified atom stereocenters. The maximum Gasteiger partial charge on any atom is 0.243 e. The molecule has 0 radical (unpaired) electrons. The average Bonchev–Trinajstić information content (AvgIpc) is 3.50. The van der Waals surface area contributed by atoms with Gasteiger partial charge in [0.25, 0.3) is 0 Å². The van der Waals surface area contributed by atoms with Gasteiger partial charge in [-0.3, -0.25) is 4.40 Å². The van der Waals surface area contributed by atoms with E-state index in [2.05, 4.69) is 26.1 Å². The lowest BCUT2D eigenvalue weighted by molar-refractivity contribution is 0.383. The minimum atomic E-state index is -3.56. The molecule has 0 bridgehead atoms. The Morgan fingerprint density at radius 3 is 2.19 bits per heavy atom. The summed E-state index contributed by atoms with van der Waals surface area (Å²) in [5.41, 5.74) is 4.45. The number of rotatable bonds is 4. The number of piperazine rings is 1. The van der Waals surface area contributed by atoms with Gasteiger partial charge in [-0.1, -0.05) is 6.07 Å². The molecule has 3 aromatic rings. The van der Waals surface area contributed by atoms with E-state index in [0.717, 1.165) is 52.4 Å². The molecule has 1 saturated carbocycles. The maximum atomic E-state index is 13.5. The summed E-state index contributed by atoms with van der Waals surface area (Å²) in [5, 5.41) is 8.77. The van der Waals surface area contributed by atoms with E-state index in [1.165, 1.54) is 0 Å². The summed E-state index contributed by atoms with van der Waals surface area (Å²) in [5.74, 6) is 2.27. The van der Waals surface area contributed by atoms with E-state index in [0.29, 0.717) is 37.0 Å². The molecule has 8 nitrogen and oxygen atoms in total. The van der Waals surface area contributed by atoms with Crippen molar-refractivity contribution in [1.29, 1.82) is 0 Å². The summed E-state index contributed by atoms with van der Waals surface area (Å²) in [6, 6.07) is 2.06. The van der Waals surface area contributed by atoms with E-state index in [-0.39, 0.29) is 0 Å². The molecule has 2 aliphatic rings. The van der Waals surface area contributed by atoms with E-state index in [4.69, 9.17) is 0 Å². The summed E-state index contributed by atoms with van der Waals surface area (Å²) in [6.07, 6.45) is 6.01. The Kier molecular flexibility index (Phi) is 4.78. The van der Waals surface area contributed by atoms with Crippen LogP contribution in [0, 0.1) is 27.7 Å². The van der Waals surface area contributed by atoms with Gasteiger partial charge in [-0.2, -0.15) is 4.31 Å². The third-order valence-electron chi connectivity index (χ3n) is 6.71. The van der Waals surface area contributed by atoms with Crippen LogP contribution in [0.15, 0.2) is 23.4 Å². The van der Waals surface area contributed by atoms with Crippen molar-refractivity contribution < 1.29 is 8.42 Å². The van der Waals surface area contributed by atoms with Gasteiger partial charge in [0.05, 0.1) is 4.90 Å². The number of aryl methyl sites for hydroxylation is 2. The van der Waals surface area contributed by atoms with Crippen LogP contribution in [0.3, 0.4) is 0 Å². The highest BCUT2D eigenvalue weighted by Gasteiger charge is 2.33. The molecule has 1 aliphatic heterocycles. The van der Waals surface area contributed by atoms with E-state index in [1.807, 2.05) is 38.3 Å². The zero-order chi connectivity index (χ0) is 21.9. The first-order chi connectivity index (χ1) is 14.8. The van der Waals surface area contributed by atoms with Crippen molar-refractivity contribution in [1.82, 2.24) is 23.9 Å². The summed E-state index contributed by atoms with van der Waals surface area (Å²) in [7, 11) is -3.56. The molecular weight excluding hydrogens is 412 g/mol. The molecule has 2 fully saturated rings. The Balaban J connectivity index is 1.41. The standard InChI is InChI=1S/C22H28N6O2S/c1-14-13-15(2)17(4)19(16(14)3)31(29,30)27-11-9-26(10-12-27)21-22-25-24-20(18-5-6-18)28(22)8-7-23-21/h7-8,13,18H,5-6,9-12H2,1-4H3. The van der Waals surface area contributed by atoms with Crippen LogP contribution in [0.4, 0.5) is 5.82 Å². The molecule has 1 aromatic carbocycles. The molecule has 164 valence electrons. The Hall–Kier alpha value is -2.52. The van der Waals surface area contributed by atoms with Crippen LogP contribution in [-0.4, -0.2) is 58.5 Å². The van der Waals surface area contributed by atoms with E-state index >= 15 is 0 Å². The number of fused-ring (bicyclic) bond motifs is 1. The predicted octanol–water partition coefficient (Wildman–Crippen LogP) is 2.75. The van der Waals surface area contributed by atoms with Crippen molar-refractivity contribution in [3.8, 4) is 0 Å². The van der Waals surface area contributed by atoms with Crippen LogP contribution in [0.1, 0.15) is 46.8 Å². The fourth-order valence-electron chi connectivity index (χ4n) is 4.51. The number of anilines is 1. The summed E-state index contributed by atoms with van der Waals surface area (Å²) >= 11 is 0. The molecule has 9 heteroatoms. The van der Waals surface area contributed by atoms with E-state index in [1.54, 1.807) is 10.5 Å². The lowest BCUT2D eigenvalue weighted by atomic mass is 10.0. The molecule has 2 aromatic heterocycles. The van der Waals surface area contributed by atoms with Gasteiger partial charge >= 0.3 is 0 Å². The monoisotopic (exact) mass is 440 g/mol. The van der Waals surface area contributed by atoms with Gasteiger partial charge in [-0.25, -0.2) is 13.4 Å². The average molecular weight is 441 g/mol. The zero-order valence-electron chi connectivity index (χ0n) is 18.5. The number of hydrogen-bond acceptors (Lipinski definition) is 6. The van der Waals surface area contributed by atoms with Crippen molar-refractivity contribution >= 4 is 21.5 Å². The minimum absolute atomic E-state index is 0.417. The van der Waals surface area contributed by atoms with Crippen LogP contribution in [0.25, 0.3) is 5.65 Å². The lowest BCUT2D eigenvalue weighted by Gasteiger charge is -2.35. The van der Waals surface area contributed by atoms with Crippen molar-refractivity contribution in [2.24, 2.45) is 0 Å². The molecule has 0 N–H and O–H groups in total. The second kappa shape index (κ2) is 7.27. The fourth-order valence-corrected chi connectivity index (χ4v) is 6.51. The van der Waals surface area contributed by atoms with Crippen molar-refractivity contribution in [3.05, 3.63) is 46.5 Å². The molecule has 0 atom stereocenters. The number of benzene rings is 1. The van der Waals surface area contributed by atoms with Crippen LogP contribution in [-0.2, 0) is 10.0 Å². The number of aromatic nitrogens is 4. The smallest absolute Gasteiger partial charge is 0.243 e. The highest BCUT2D eigenvalue weighted by molar-refractivity contribution is 7.89. The first kappa shape index (κ1) is 20.4. The molecule has 1 saturated heterocycles. The van der Waals surface area contributed by atoms with Crippen LogP contribution < -0.4 is 4.90 Å². The first-order valence-electron chi connectivity index (χ1n) is 10.8. The van der Waals surface area contributed by atoms with Crippen LogP contribution in [0.5, 0.6) is 0 Å². The van der Waals surface area contributed by atoms with Gasteiger partial charge in [-0.05, 0) is 62.8 Å². The normalized spacial score (nSPS) is 18.1. The third kappa shape index (κ3) is 3.30. The Morgan fingerprint density at radius 1 is 0.935 bits per heavy atom. The molecule has 1 aliphatic carbocycles. The van der Waals surface area contributed by atoms with E-state index < -0.39 is 10.0 Å². The van der Waals surface area contributed by atoms with Crippen LogP contribution in [0.2, 0.25) is 0 Å². The molecule has 0 spiro atoms. The molecule has 31 heavy (non-hydrogen) atoms. The Labute approximate surface area is 183 Å². The second-order valence-corrected chi connectivity index (χ2v) is 10.6. The largest absolute Gasteiger partial charge is 0.351 e. The second-order valence-electron chi connectivity index (χ2n) is 8.76. The van der Waals surface area contributed by atoms with E-state index in [9.17, 15) is 8.42 Å². The number of hydrogen-bond donors (Lipinski definition) is 0. The van der Waals surface area contributed by atoms with Gasteiger partial charge in [0.2, 0.25) is 15.7 Å². The highest BCUT2D eigenvalue weighted by Crippen LogP contribution is 2.39. The zero-order valence-corrected chi connectivity index (χ0v) is 19.3. The van der Waals surface area contributed by atoms with Crippen molar-refractivity contribution in [2.45, 2.75) is 51.3 Å². The molecular formula is C22H28N6O2S. The Morgan fingerprint density at radius 2 is 1.58 bits per heavy atom. The topological polar surface area (TPSA) is 83.7 Å². The van der Waals surface area contributed by atoms with Gasteiger partial charge in [0.1, 0.15) is 5.82 Å². The third-order valence-corrected chi connectivity index (χ3v) is 8.88. The summed E-state index contributed by atoms with van der Waals surface area (Å²) in [6.45, 7) is 9.72. The molecule has 5 rings (SSSR count).